The first kappa shape index (κ1) is 9.86. The molecule has 1 atom stereocenters. The van der Waals surface area contributed by atoms with Crippen LogP contribution in [-0.2, 0) is 9.84 Å². The molecular weight excluding hydrogens is 268 g/mol. The second-order valence-electron chi connectivity index (χ2n) is 3.11. The minimum Gasteiger partial charge on any atom is -0.293 e. The van der Waals surface area contributed by atoms with Crippen LogP contribution in [0.3, 0.4) is 0 Å². The first-order valence-corrected chi connectivity index (χ1v) is 6.59. The normalized spacial score (nSPS) is 24.4. The molecule has 0 amide bonds. The molecule has 1 aromatic rings. The van der Waals surface area contributed by atoms with Gasteiger partial charge < -0.3 is 0 Å². The second kappa shape index (κ2) is 3.17. The van der Waals surface area contributed by atoms with E-state index in [9.17, 15) is 13.2 Å². The van der Waals surface area contributed by atoms with Crippen LogP contribution in [0.15, 0.2) is 29.2 Å². The number of ketones is 1. The Kier molecular flexibility index (Phi) is 2.23. The summed E-state index contributed by atoms with van der Waals surface area (Å²) >= 11 is 3.07. The Morgan fingerprint density at radius 3 is 2.64 bits per heavy atom. The van der Waals surface area contributed by atoms with Crippen LogP contribution in [-0.4, -0.2) is 24.8 Å². The minimum atomic E-state index is -3.29. The molecule has 2 rings (SSSR count). The maximum absolute atomic E-state index is 11.6. The Hall–Kier alpha value is -0.680. The molecule has 0 fully saturated rings. The first-order chi connectivity index (χ1) is 6.52. The van der Waals surface area contributed by atoms with Crippen molar-refractivity contribution in [1.29, 1.82) is 0 Å². The van der Waals surface area contributed by atoms with Crippen molar-refractivity contribution in [3.8, 4) is 0 Å². The lowest BCUT2D eigenvalue weighted by atomic mass is 10.1. The van der Waals surface area contributed by atoms with Crippen molar-refractivity contribution in [2.75, 3.05) is 5.75 Å². The molecule has 1 aromatic carbocycles. The van der Waals surface area contributed by atoms with Gasteiger partial charge in [0.2, 0.25) is 0 Å². The third kappa shape index (κ3) is 1.40. The summed E-state index contributed by atoms with van der Waals surface area (Å²) in [5, 5.41) is 0. The monoisotopic (exact) mass is 274 g/mol. The molecule has 0 aromatic heterocycles. The van der Waals surface area contributed by atoms with Crippen LogP contribution in [0.1, 0.15) is 10.4 Å². The van der Waals surface area contributed by atoms with E-state index in [0.29, 0.717) is 5.56 Å². The number of alkyl halides is 1. The summed E-state index contributed by atoms with van der Waals surface area (Å²) in [4.78, 5) is 11.1. The Morgan fingerprint density at radius 2 is 1.93 bits per heavy atom. The third-order valence-electron chi connectivity index (χ3n) is 2.14. The Morgan fingerprint density at radius 1 is 1.29 bits per heavy atom. The molecule has 1 aliphatic heterocycles. The van der Waals surface area contributed by atoms with Gasteiger partial charge in [0.1, 0.15) is 0 Å². The van der Waals surface area contributed by atoms with Crippen LogP contribution in [0.4, 0.5) is 0 Å². The molecule has 0 saturated heterocycles. The Bertz CT molecular complexity index is 493. The molecule has 0 spiro atoms. The lowest BCUT2D eigenvalue weighted by Gasteiger charge is -2.18. The molecule has 1 aliphatic rings. The van der Waals surface area contributed by atoms with Gasteiger partial charge in [-0.1, -0.05) is 34.1 Å². The highest BCUT2D eigenvalue weighted by Crippen LogP contribution is 2.27. The van der Waals surface area contributed by atoms with Crippen molar-refractivity contribution >= 4 is 31.6 Å². The summed E-state index contributed by atoms with van der Waals surface area (Å²) in [5.74, 6) is -0.307. The number of hydrogen-bond donors (Lipinski definition) is 0. The number of halogens is 1. The van der Waals surface area contributed by atoms with Crippen molar-refractivity contribution in [2.24, 2.45) is 0 Å². The Balaban J connectivity index is 2.74. The standard InChI is InChI=1S/C9H7BrO3S/c10-7-5-14(12,13)8-4-2-1-3-6(8)9(7)11/h1-4,7H,5H2/t7-/m1/s1. The van der Waals surface area contributed by atoms with Gasteiger partial charge in [0, 0.05) is 5.56 Å². The lowest BCUT2D eigenvalue weighted by Crippen LogP contribution is -2.31. The summed E-state index contributed by atoms with van der Waals surface area (Å²) in [5.41, 5.74) is 0.292. The third-order valence-corrected chi connectivity index (χ3v) is 5.10. The predicted molar refractivity (Wildman–Crippen MR) is 55.5 cm³/mol. The fourth-order valence-electron chi connectivity index (χ4n) is 1.47. The van der Waals surface area contributed by atoms with Gasteiger partial charge in [-0.25, -0.2) is 8.42 Å². The van der Waals surface area contributed by atoms with Gasteiger partial charge in [-0.3, -0.25) is 4.79 Å². The van der Waals surface area contributed by atoms with Crippen LogP contribution in [0.25, 0.3) is 0 Å². The molecule has 1 heterocycles. The van der Waals surface area contributed by atoms with Gasteiger partial charge in [0.25, 0.3) is 0 Å². The van der Waals surface area contributed by atoms with Crippen LogP contribution in [0.5, 0.6) is 0 Å². The number of rotatable bonds is 0. The smallest absolute Gasteiger partial charge is 0.180 e. The minimum absolute atomic E-state index is 0.150. The number of benzene rings is 1. The van der Waals surface area contributed by atoms with E-state index < -0.39 is 14.7 Å². The topological polar surface area (TPSA) is 51.2 Å². The Labute approximate surface area is 90.2 Å². The van der Waals surface area contributed by atoms with Crippen molar-refractivity contribution in [3.05, 3.63) is 29.8 Å². The molecule has 5 heteroatoms. The zero-order valence-corrected chi connectivity index (χ0v) is 9.51. The van der Waals surface area contributed by atoms with Crippen LogP contribution in [0, 0.1) is 0 Å². The SMILES string of the molecule is O=C1c2ccccc2S(=O)(=O)C[C@H]1Br. The van der Waals surface area contributed by atoms with Crippen molar-refractivity contribution in [2.45, 2.75) is 9.72 Å². The van der Waals surface area contributed by atoms with E-state index in [-0.39, 0.29) is 16.4 Å². The highest BCUT2D eigenvalue weighted by Gasteiger charge is 2.34. The van der Waals surface area contributed by atoms with Gasteiger partial charge in [0.05, 0.1) is 15.5 Å². The van der Waals surface area contributed by atoms with E-state index in [0.717, 1.165) is 0 Å². The number of fused-ring (bicyclic) bond motifs is 1. The summed E-state index contributed by atoms with van der Waals surface area (Å²) in [7, 11) is -3.29. The fraction of sp³-hybridized carbons (Fsp3) is 0.222. The number of Topliss-reactive ketones (excluding diaryl/α,β-unsaturated/α-hetero) is 1. The van der Waals surface area contributed by atoms with Crippen molar-refractivity contribution in [1.82, 2.24) is 0 Å². The van der Waals surface area contributed by atoms with Crippen LogP contribution >= 0.6 is 15.9 Å². The lowest BCUT2D eigenvalue weighted by molar-refractivity contribution is 0.0991. The average Bonchev–Trinajstić information content (AvgIpc) is 2.14. The number of carbonyl (C=O) groups excluding carboxylic acids is 1. The molecule has 14 heavy (non-hydrogen) atoms. The molecule has 0 radical (unpaired) electrons. The quantitative estimate of drug-likeness (QED) is 0.673. The first-order valence-electron chi connectivity index (χ1n) is 4.02. The molecule has 3 nitrogen and oxygen atoms in total. The molecule has 0 aliphatic carbocycles. The molecule has 0 unspecified atom stereocenters. The fourth-order valence-corrected chi connectivity index (χ4v) is 4.26. The molecule has 0 saturated carbocycles. The van der Waals surface area contributed by atoms with Gasteiger partial charge in [-0.2, -0.15) is 0 Å². The molecule has 0 bridgehead atoms. The molecule has 0 N–H and O–H groups in total. The van der Waals surface area contributed by atoms with Crippen LogP contribution < -0.4 is 0 Å². The number of hydrogen-bond acceptors (Lipinski definition) is 3. The summed E-state index contributed by atoms with van der Waals surface area (Å²) in [6, 6.07) is 6.31. The highest BCUT2D eigenvalue weighted by molar-refractivity contribution is 9.10. The maximum atomic E-state index is 11.6. The summed E-state index contributed by atoms with van der Waals surface area (Å²) in [6.07, 6.45) is 0. The predicted octanol–water partition coefficient (Wildman–Crippen LogP) is 1.42. The largest absolute Gasteiger partial charge is 0.293 e. The van der Waals surface area contributed by atoms with E-state index in [4.69, 9.17) is 0 Å². The zero-order chi connectivity index (χ0) is 10.3. The average molecular weight is 275 g/mol. The summed E-state index contributed by atoms with van der Waals surface area (Å²) < 4.78 is 23.3. The van der Waals surface area contributed by atoms with E-state index in [1.54, 1.807) is 18.2 Å². The summed E-state index contributed by atoms with van der Waals surface area (Å²) in [6.45, 7) is 0. The molecule has 74 valence electrons. The van der Waals surface area contributed by atoms with Gasteiger partial charge >= 0.3 is 0 Å². The van der Waals surface area contributed by atoms with E-state index >= 15 is 0 Å². The zero-order valence-electron chi connectivity index (χ0n) is 7.10. The van der Waals surface area contributed by atoms with Crippen LogP contribution in [0.2, 0.25) is 0 Å². The number of carbonyl (C=O) groups is 1. The van der Waals surface area contributed by atoms with Crippen molar-refractivity contribution < 1.29 is 13.2 Å². The van der Waals surface area contributed by atoms with Crippen molar-refractivity contribution in [3.63, 3.8) is 0 Å². The maximum Gasteiger partial charge on any atom is 0.180 e. The molecular formula is C9H7BrO3S. The highest BCUT2D eigenvalue weighted by atomic mass is 79.9. The number of sulfone groups is 1. The second-order valence-corrected chi connectivity index (χ2v) is 6.22. The van der Waals surface area contributed by atoms with Gasteiger partial charge in [-0.05, 0) is 6.07 Å². The van der Waals surface area contributed by atoms with Gasteiger partial charge in [0.15, 0.2) is 15.6 Å². The van der Waals surface area contributed by atoms with E-state index in [2.05, 4.69) is 15.9 Å². The van der Waals surface area contributed by atoms with Gasteiger partial charge in [-0.15, -0.1) is 0 Å². The van der Waals surface area contributed by atoms with E-state index in [1.807, 2.05) is 0 Å². The van der Waals surface area contributed by atoms with E-state index in [1.165, 1.54) is 6.07 Å².